The van der Waals surface area contributed by atoms with Gasteiger partial charge in [0.25, 0.3) is 0 Å². The van der Waals surface area contributed by atoms with Gasteiger partial charge in [0, 0.05) is 68.0 Å². The molecule has 40 heavy (non-hydrogen) atoms. The van der Waals surface area contributed by atoms with Crippen molar-refractivity contribution < 1.29 is 9.53 Å². The van der Waals surface area contributed by atoms with E-state index < -0.39 is 0 Å². The fourth-order valence-electron chi connectivity index (χ4n) is 4.85. The first-order valence-electron chi connectivity index (χ1n) is 13.8. The van der Waals surface area contributed by atoms with Crippen molar-refractivity contribution in [1.29, 1.82) is 0 Å². The van der Waals surface area contributed by atoms with Crippen LogP contribution in [0.2, 0.25) is 0 Å². The minimum atomic E-state index is -0.0563. The molecule has 0 radical (unpaired) electrons. The number of amides is 1. The predicted molar refractivity (Wildman–Crippen MR) is 165 cm³/mol. The van der Waals surface area contributed by atoms with Gasteiger partial charge in [-0.1, -0.05) is 32.0 Å². The molecule has 0 saturated carbocycles. The molecule has 0 fully saturated rings. The van der Waals surface area contributed by atoms with Crippen LogP contribution in [0.3, 0.4) is 0 Å². The third-order valence-electron chi connectivity index (χ3n) is 7.30. The highest BCUT2D eigenvalue weighted by Gasteiger charge is 2.20. The largest absolute Gasteiger partial charge is 0.494 e. The summed E-state index contributed by atoms with van der Waals surface area (Å²) >= 11 is 0. The first-order valence-corrected chi connectivity index (χ1v) is 13.8. The second-order valence-electron chi connectivity index (χ2n) is 10.4. The second kappa shape index (κ2) is 12.8. The fourth-order valence-corrected chi connectivity index (χ4v) is 4.85. The molecule has 0 atom stereocenters. The first kappa shape index (κ1) is 28.9. The summed E-state index contributed by atoms with van der Waals surface area (Å²) in [5.74, 6) is 1.03. The molecule has 0 aliphatic carbocycles. The molecule has 4 rings (SSSR count). The number of carbonyl (C=O) groups is 1. The maximum Gasteiger partial charge on any atom is 0.227 e. The highest BCUT2D eigenvalue weighted by molar-refractivity contribution is 5.98. The molecular formula is C31H41N7O2. The molecule has 2 heterocycles. The Balaban J connectivity index is 1.71. The van der Waals surface area contributed by atoms with E-state index in [0.29, 0.717) is 23.1 Å². The van der Waals surface area contributed by atoms with Gasteiger partial charge in [0.15, 0.2) is 0 Å². The number of hydrogen-bond acceptors (Lipinski definition) is 7. The lowest BCUT2D eigenvalue weighted by Gasteiger charge is -2.26. The van der Waals surface area contributed by atoms with Crippen molar-refractivity contribution in [2.75, 3.05) is 56.9 Å². The molecule has 2 aromatic heterocycles. The van der Waals surface area contributed by atoms with Gasteiger partial charge in [-0.25, -0.2) is 9.97 Å². The Labute approximate surface area is 237 Å². The number of ether oxygens (including phenoxy) is 1. The summed E-state index contributed by atoms with van der Waals surface area (Å²) in [6.07, 6.45) is 5.40. The Kier molecular flexibility index (Phi) is 9.26. The summed E-state index contributed by atoms with van der Waals surface area (Å²) in [6, 6.07) is 14.0. The zero-order valence-corrected chi connectivity index (χ0v) is 24.7. The highest BCUT2D eigenvalue weighted by atomic mass is 16.5. The lowest BCUT2D eigenvalue weighted by atomic mass is 10.0. The van der Waals surface area contributed by atoms with Crippen LogP contribution in [-0.2, 0) is 11.8 Å². The highest BCUT2D eigenvalue weighted by Crippen LogP contribution is 2.38. The Morgan fingerprint density at radius 2 is 1.80 bits per heavy atom. The third kappa shape index (κ3) is 6.37. The van der Waals surface area contributed by atoms with E-state index in [1.165, 1.54) is 0 Å². The number of aromatic nitrogens is 3. The van der Waals surface area contributed by atoms with E-state index in [2.05, 4.69) is 48.3 Å². The lowest BCUT2D eigenvalue weighted by Crippen LogP contribution is -2.30. The van der Waals surface area contributed by atoms with Crippen LogP contribution >= 0.6 is 0 Å². The molecule has 0 spiro atoms. The maximum absolute atomic E-state index is 13.1. The van der Waals surface area contributed by atoms with Gasteiger partial charge in [-0.15, -0.1) is 0 Å². The van der Waals surface area contributed by atoms with E-state index in [4.69, 9.17) is 9.72 Å². The summed E-state index contributed by atoms with van der Waals surface area (Å²) in [5, 5.41) is 7.66. The fraction of sp³-hybridized carbons (Fsp3) is 0.387. The molecule has 0 aliphatic rings. The molecule has 2 N–H and O–H groups in total. The number of nitrogens with one attached hydrogen (secondary N) is 2. The first-order chi connectivity index (χ1) is 19.2. The van der Waals surface area contributed by atoms with Gasteiger partial charge in [-0.05, 0) is 45.1 Å². The van der Waals surface area contributed by atoms with Crippen LogP contribution in [0.25, 0.3) is 22.2 Å². The van der Waals surface area contributed by atoms with Crippen LogP contribution in [0, 0.1) is 5.92 Å². The SMILES string of the molecule is CCC(CC)C(=O)Nc1cc(Nc2nccc(-c3cn(C)c4ccccc34)n2)c(OC)cc1N(C)CCN(C)C. The van der Waals surface area contributed by atoms with Crippen molar-refractivity contribution in [3.05, 3.63) is 54.9 Å². The molecule has 0 unspecified atom stereocenters. The molecule has 0 bridgehead atoms. The van der Waals surface area contributed by atoms with Crippen molar-refractivity contribution in [2.24, 2.45) is 13.0 Å². The third-order valence-corrected chi connectivity index (χ3v) is 7.30. The summed E-state index contributed by atoms with van der Waals surface area (Å²) in [6.45, 7) is 5.73. The number of nitrogens with zero attached hydrogens (tertiary/aromatic N) is 5. The molecule has 212 valence electrons. The lowest BCUT2D eigenvalue weighted by molar-refractivity contribution is -0.120. The number of likely N-dealkylation sites (N-methyl/N-ethyl adjacent to an activating group) is 2. The number of hydrogen-bond donors (Lipinski definition) is 2. The van der Waals surface area contributed by atoms with Crippen LogP contribution in [0.1, 0.15) is 26.7 Å². The number of rotatable bonds is 12. The minimum absolute atomic E-state index is 0.0116. The average Bonchev–Trinajstić information content (AvgIpc) is 3.29. The summed E-state index contributed by atoms with van der Waals surface area (Å²) in [5.41, 5.74) is 5.25. The molecule has 2 aromatic carbocycles. The van der Waals surface area contributed by atoms with E-state index in [0.717, 1.165) is 53.8 Å². The van der Waals surface area contributed by atoms with Gasteiger partial charge < -0.3 is 29.7 Å². The Morgan fingerprint density at radius 1 is 1.05 bits per heavy atom. The number of methoxy groups -OCH3 is 1. The van der Waals surface area contributed by atoms with Crippen molar-refractivity contribution >= 4 is 39.8 Å². The van der Waals surface area contributed by atoms with Crippen molar-refractivity contribution in [1.82, 2.24) is 19.4 Å². The molecule has 9 nitrogen and oxygen atoms in total. The van der Waals surface area contributed by atoms with Crippen molar-refractivity contribution in [3.8, 4) is 17.0 Å². The van der Waals surface area contributed by atoms with E-state index in [-0.39, 0.29) is 11.8 Å². The van der Waals surface area contributed by atoms with Crippen molar-refractivity contribution in [2.45, 2.75) is 26.7 Å². The Hall–Kier alpha value is -4.11. The summed E-state index contributed by atoms with van der Waals surface area (Å²) < 4.78 is 7.89. The van der Waals surface area contributed by atoms with E-state index >= 15 is 0 Å². The topological polar surface area (TPSA) is 87.5 Å². The van der Waals surface area contributed by atoms with Gasteiger partial charge in [-0.3, -0.25) is 4.79 Å². The second-order valence-corrected chi connectivity index (χ2v) is 10.4. The predicted octanol–water partition coefficient (Wildman–Crippen LogP) is 5.76. The number of para-hydroxylation sites is 1. The molecule has 0 saturated heterocycles. The van der Waals surface area contributed by atoms with Crippen LogP contribution in [0.15, 0.2) is 54.9 Å². The zero-order chi connectivity index (χ0) is 28.8. The monoisotopic (exact) mass is 543 g/mol. The maximum atomic E-state index is 13.1. The molecule has 4 aromatic rings. The number of fused-ring (bicyclic) bond motifs is 1. The minimum Gasteiger partial charge on any atom is -0.494 e. The summed E-state index contributed by atoms with van der Waals surface area (Å²) in [4.78, 5) is 26.7. The van der Waals surface area contributed by atoms with Gasteiger partial charge >= 0.3 is 0 Å². The van der Waals surface area contributed by atoms with Crippen molar-refractivity contribution in [3.63, 3.8) is 0 Å². The zero-order valence-electron chi connectivity index (χ0n) is 24.7. The number of benzene rings is 2. The van der Waals surface area contributed by atoms with Crippen LogP contribution < -0.4 is 20.3 Å². The quantitative estimate of drug-likeness (QED) is 0.235. The van der Waals surface area contributed by atoms with E-state index in [9.17, 15) is 4.79 Å². The molecular weight excluding hydrogens is 502 g/mol. The Morgan fingerprint density at radius 3 is 2.50 bits per heavy atom. The van der Waals surface area contributed by atoms with Crippen LogP contribution in [-0.4, -0.2) is 66.7 Å². The summed E-state index contributed by atoms with van der Waals surface area (Å²) in [7, 11) is 9.79. The van der Waals surface area contributed by atoms with E-state index in [1.807, 2.05) is 72.4 Å². The Bertz CT molecular complexity index is 1460. The van der Waals surface area contributed by atoms with Gasteiger partial charge in [0.05, 0.1) is 29.9 Å². The van der Waals surface area contributed by atoms with Crippen LogP contribution in [0.5, 0.6) is 5.75 Å². The van der Waals surface area contributed by atoms with Gasteiger partial charge in [-0.2, -0.15) is 0 Å². The number of carbonyl (C=O) groups excluding carboxylic acids is 1. The average molecular weight is 544 g/mol. The molecule has 0 aliphatic heterocycles. The normalized spacial score (nSPS) is 11.3. The molecule has 1 amide bonds. The van der Waals surface area contributed by atoms with E-state index in [1.54, 1.807) is 13.3 Å². The smallest absolute Gasteiger partial charge is 0.227 e. The van der Waals surface area contributed by atoms with Gasteiger partial charge in [0.2, 0.25) is 11.9 Å². The molecule has 9 heteroatoms. The van der Waals surface area contributed by atoms with Crippen LogP contribution in [0.4, 0.5) is 23.0 Å². The standard InChI is InChI=1S/C31H41N7O2/c1-8-21(9-2)30(39)33-25-18-26(29(40-7)19-28(25)37(5)17-16-36(3)4)35-31-32-15-14-24(34-31)23-20-38(6)27-13-11-10-12-22(23)27/h10-15,18-21H,8-9,16-17H2,1-7H3,(H,33,39)(H,32,34,35). The number of aryl methyl sites for hydroxylation is 1. The van der Waals surface area contributed by atoms with Gasteiger partial charge in [0.1, 0.15) is 5.75 Å². The number of anilines is 4.